The number of thioether (sulfide) groups is 1. The molecule has 0 N–H and O–H groups in total. The lowest BCUT2D eigenvalue weighted by Gasteiger charge is -2.11. The van der Waals surface area contributed by atoms with E-state index in [0.29, 0.717) is 27.3 Å². The van der Waals surface area contributed by atoms with Crippen LogP contribution in [0.25, 0.3) is 6.08 Å². The Labute approximate surface area is 156 Å². The first-order valence-electron chi connectivity index (χ1n) is 7.65. The van der Waals surface area contributed by atoms with Crippen LogP contribution in [0.4, 0.5) is 0 Å². The SMILES string of the molecule is COc1cc(/C=C2\SC(=S)N(C)C2=O)ccc1OCc1ccccc1. The molecule has 2 aromatic rings. The molecule has 4 nitrogen and oxygen atoms in total. The number of hydrogen-bond donors (Lipinski definition) is 0. The molecule has 128 valence electrons. The number of likely N-dealkylation sites (N-methyl/N-ethyl adjacent to an activating group) is 1. The maximum Gasteiger partial charge on any atom is 0.265 e. The van der Waals surface area contributed by atoms with Crippen molar-refractivity contribution in [2.75, 3.05) is 14.2 Å². The number of amides is 1. The number of nitrogens with zero attached hydrogens (tertiary/aromatic N) is 1. The molecular formula is C19H17NO3S2. The Bertz CT molecular complexity index is 834. The van der Waals surface area contributed by atoms with Crippen LogP contribution < -0.4 is 9.47 Å². The molecule has 0 aromatic heterocycles. The van der Waals surface area contributed by atoms with Crippen molar-refractivity contribution < 1.29 is 14.3 Å². The zero-order chi connectivity index (χ0) is 17.8. The van der Waals surface area contributed by atoms with Crippen molar-refractivity contribution in [1.82, 2.24) is 4.90 Å². The first-order valence-corrected chi connectivity index (χ1v) is 8.87. The van der Waals surface area contributed by atoms with E-state index in [1.807, 2.05) is 54.6 Å². The third-order valence-electron chi connectivity index (χ3n) is 3.71. The van der Waals surface area contributed by atoms with Crippen LogP contribution in [0.15, 0.2) is 53.4 Å². The van der Waals surface area contributed by atoms with Gasteiger partial charge < -0.3 is 9.47 Å². The summed E-state index contributed by atoms with van der Waals surface area (Å²) in [6.07, 6.45) is 1.81. The summed E-state index contributed by atoms with van der Waals surface area (Å²) in [6, 6.07) is 15.5. The van der Waals surface area contributed by atoms with Gasteiger partial charge in [-0.3, -0.25) is 9.69 Å². The molecule has 0 aliphatic carbocycles. The summed E-state index contributed by atoms with van der Waals surface area (Å²) in [6.45, 7) is 0.463. The van der Waals surface area contributed by atoms with Crippen molar-refractivity contribution >= 4 is 40.3 Å². The van der Waals surface area contributed by atoms with Crippen LogP contribution in [0.2, 0.25) is 0 Å². The molecule has 6 heteroatoms. The van der Waals surface area contributed by atoms with E-state index in [1.54, 1.807) is 14.2 Å². The Kier molecular flexibility index (Phi) is 5.40. The molecule has 1 saturated heterocycles. The van der Waals surface area contributed by atoms with Gasteiger partial charge in [0.25, 0.3) is 5.91 Å². The van der Waals surface area contributed by atoms with Gasteiger partial charge in [-0.2, -0.15) is 0 Å². The Morgan fingerprint density at radius 1 is 1.16 bits per heavy atom. The number of carbonyl (C=O) groups excluding carboxylic acids is 1. The second-order valence-corrected chi connectivity index (χ2v) is 7.10. The summed E-state index contributed by atoms with van der Waals surface area (Å²) in [7, 11) is 3.28. The fraction of sp³-hybridized carbons (Fsp3) is 0.158. The van der Waals surface area contributed by atoms with E-state index in [0.717, 1.165) is 11.1 Å². The third kappa shape index (κ3) is 4.03. The molecule has 0 radical (unpaired) electrons. The fourth-order valence-corrected chi connectivity index (χ4v) is 3.50. The number of benzene rings is 2. The highest BCUT2D eigenvalue weighted by atomic mass is 32.2. The smallest absolute Gasteiger partial charge is 0.265 e. The lowest BCUT2D eigenvalue weighted by Crippen LogP contribution is -2.22. The minimum absolute atomic E-state index is 0.0848. The summed E-state index contributed by atoms with van der Waals surface area (Å²) in [5.74, 6) is 1.20. The standard InChI is InChI=1S/C19H17NO3S2/c1-20-18(21)17(25-19(20)24)11-14-8-9-15(16(10-14)22-2)23-12-13-6-4-3-5-7-13/h3-11H,12H2,1-2H3/b17-11-. The average Bonchev–Trinajstić information content (AvgIpc) is 2.88. The highest BCUT2D eigenvalue weighted by Gasteiger charge is 2.28. The normalized spacial score (nSPS) is 15.8. The van der Waals surface area contributed by atoms with E-state index in [4.69, 9.17) is 21.7 Å². The second-order valence-electron chi connectivity index (χ2n) is 5.43. The number of ether oxygens (including phenoxy) is 2. The first-order chi connectivity index (χ1) is 12.1. The molecule has 1 heterocycles. The van der Waals surface area contributed by atoms with Gasteiger partial charge in [-0.05, 0) is 29.3 Å². The zero-order valence-electron chi connectivity index (χ0n) is 13.9. The number of thiocarbonyl (C=S) groups is 1. The Hall–Kier alpha value is -2.31. The molecular weight excluding hydrogens is 354 g/mol. The topological polar surface area (TPSA) is 38.8 Å². The van der Waals surface area contributed by atoms with Gasteiger partial charge in [-0.1, -0.05) is 60.4 Å². The molecule has 1 amide bonds. The number of carbonyl (C=O) groups is 1. The molecule has 25 heavy (non-hydrogen) atoms. The number of hydrogen-bond acceptors (Lipinski definition) is 5. The molecule has 0 bridgehead atoms. The van der Waals surface area contributed by atoms with Gasteiger partial charge >= 0.3 is 0 Å². The number of rotatable bonds is 5. The molecule has 1 aliphatic rings. The predicted molar refractivity (Wildman–Crippen MR) is 105 cm³/mol. The molecule has 0 atom stereocenters. The van der Waals surface area contributed by atoms with Gasteiger partial charge in [0.05, 0.1) is 12.0 Å². The van der Waals surface area contributed by atoms with Crippen molar-refractivity contribution in [3.8, 4) is 11.5 Å². The fourth-order valence-electron chi connectivity index (χ4n) is 2.33. The monoisotopic (exact) mass is 371 g/mol. The van der Waals surface area contributed by atoms with Gasteiger partial charge in [-0.25, -0.2) is 0 Å². The maximum absolute atomic E-state index is 12.1. The van der Waals surface area contributed by atoms with E-state index in [-0.39, 0.29) is 5.91 Å². The van der Waals surface area contributed by atoms with Gasteiger partial charge in [-0.15, -0.1) is 0 Å². The van der Waals surface area contributed by atoms with Gasteiger partial charge in [0, 0.05) is 7.05 Å². The summed E-state index contributed by atoms with van der Waals surface area (Å²) >= 11 is 6.44. The highest BCUT2D eigenvalue weighted by molar-refractivity contribution is 8.26. The summed E-state index contributed by atoms with van der Waals surface area (Å²) in [5, 5.41) is 0. The van der Waals surface area contributed by atoms with Crippen molar-refractivity contribution in [3.05, 3.63) is 64.6 Å². The van der Waals surface area contributed by atoms with Crippen molar-refractivity contribution in [1.29, 1.82) is 0 Å². The highest BCUT2D eigenvalue weighted by Crippen LogP contribution is 2.34. The molecule has 0 unspecified atom stereocenters. The van der Waals surface area contributed by atoms with Gasteiger partial charge in [0.2, 0.25) is 0 Å². The lowest BCUT2D eigenvalue weighted by molar-refractivity contribution is -0.121. The molecule has 1 fully saturated rings. The zero-order valence-corrected chi connectivity index (χ0v) is 15.5. The summed E-state index contributed by atoms with van der Waals surface area (Å²) < 4.78 is 11.8. The van der Waals surface area contributed by atoms with Crippen molar-refractivity contribution in [2.24, 2.45) is 0 Å². The third-order valence-corrected chi connectivity index (χ3v) is 5.19. The summed E-state index contributed by atoms with van der Waals surface area (Å²) in [4.78, 5) is 14.2. The van der Waals surface area contributed by atoms with E-state index >= 15 is 0 Å². The van der Waals surface area contributed by atoms with Crippen LogP contribution in [0.1, 0.15) is 11.1 Å². The van der Waals surface area contributed by atoms with Crippen LogP contribution in [0.5, 0.6) is 11.5 Å². The van der Waals surface area contributed by atoms with E-state index in [1.165, 1.54) is 16.7 Å². The van der Waals surface area contributed by atoms with E-state index in [2.05, 4.69) is 0 Å². The van der Waals surface area contributed by atoms with Crippen LogP contribution >= 0.6 is 24.0 Å². The van der Waals surface area contributed by atoms with E-state index < -0.39 is 0 Å². The van der Waals surface area contributed by atoms with Crippen LogP contribution in [0, 0.1) is 0 Å². The largest absolute Gasteiger partial charge is 0.493 e. The van der Waals surface area contributed by atoms with Gasteiger partial charge in [0.15, 0.2) is 11.5 Å². The van der Waals surface area contributed by atoms with E-state index in [9.17, 15) is 4.79 Å². The van der Waals surface area contributed by atoms with Crippen LogP contribution in [0.3, 0.4) is 0 Å². The molecule has 0 saturated carbocycles. The Morgan fingerprint density at radius 3 is 2.56 bits per heavy atom. The minimum atomic E-state index is -0.0848. The van der Waals surface area contributed by atoms with Crippen molar-refractivity contribution in [3.63, 3.8) is 0 Å². The minimum Gasteiger partial charge on any atom is -0.493 e. The molecule has 0 spiro atoms. The second kappa shape index (κ2) is 7.72. The summed E-state index contributed by atoms with van der Waals surface area (Å²) in [5.41, 5.74) is 1.94. The quantitative estimate of drug-likeness (QED) is 0.584. The maximum atomic E-state index is 12.1. The molecule has 3 rings (SSSR count). The van der Waals surface area contributed by atoms with Gasteiger partial charge in [0.1, 0.15) is 10.9 Å². The molecule has 1 aliphatic heterocycles. The van der Waals surface area contributed by atoms with Crippen molar-refractivity contribution in [2.45, 2.75) is 6.61 Å². The lowest BCUT2D eigenvalue weighted by atomic mass is 10.2. The average molecular weight is 371 g/mol. The Balaban J connectivity index is 1.78. The number of methoxy groups -OCH3 is 1. The van der Waals surface area contributed by atoms with Crippen LogP contribution in [-0.2, 0) is 11.4 Å². The van der Waals surface area contributed by atoms with Crippen LogP contribution in [-0.4, -0.2) is 29.3 Å². The Morgan fingerprint density at radius 2 is 1.92 bits per heavy atom. The predicted octanol–water partition coefficient (Wildman–Crippen LogP) is 4.11. The first kappa shape index (κ1) is 17.5. The molecule has 2 aromatic carbocycles.